The number of carbonyl (C=O) groups is 3. The van der Waals surface area contributed by atoms with Crippen LogP contribution < -0.4 is 22.1 Å². The SMILES string of the molecule is Nc1nc(N)c(C(=O)NC2=NCC3(CCN(C(=O)CCC(=O)c4ccn(S(=O)(=O)C5=CCCC=C5)c4)CC3)N2)nc1Cl. The number of halogens is 1. The van der Waals surface area contributed by atoms with Crippen LogP contribution >= 0.6 is 11.6 Å². The number of nitrogen functional groups attached to an aromatic ring is 2. The van der Waals surface area contributed by atoms with Gasteiger partial charge in [-0.25, -0.2) is 22.4 Å². The lowest BCUT2D eigenvalue weighted by atomic mass is 9.88. The van der Waals surface area contributed by atoms with Gasteiger partial charge in [0.1, 0.15) is 0 Å². The molecule has 2 amide bonds. The molecular weight excluding hydrogens is 586 g/mol. The minimum atomic E-state index is -3.76. The highest BCUT2D eigenvalue weighted by Gasteiger charge is 2.40. The van der Waals surface area contributed by atoms with E-state index in [4.69, 9.17) is 23.1 Å². The van der Waals surface area contributed by atoms with Crippen LogP contribution in [0.1, 0.15) is 59.4 Å². The molecule has 42 heavy (non-hydrogen) atoms. The van der Waals surface area contributed by atoms with Crippen molar-refractivity contribution in [3.05, 3.63) is 58.0 Å². The molecule has 0 bridgehead atoms. The van der Waals surface area contributed by atoms with Crippen LogP contribution in [0.4, 0.5) is 11.6 Å². The molecule has 0 atom stereocenters. The topological polar surface area (TPSA) is 208 Å². The van der Waals surface area contributed by atoms with Crippen molar-refractivity contribution in [2.45, 2.75) is 44.1 Å². The number of hydrogen-bond acceptors (Lipinski definition) is 11. The predicted octanol–water partition coefficient (Wildman–Crippen LogP) is 1.22. The third kappa shape index (κ3) is 6.01. The number of nitrogens with two attached hydrogens (primary N) is 2. The van der Waals surface area contributed by atoms with Gasteiger partial charge in [0.15, 0.2) is 34.2 Å². The van der Waals surface area contributed by atoms with Crippen LogP contribution in [0.25, 0.3) is 0 Å². The van der Waals surface area contributed by atoms with E-state index in [1.54, 1.807) is 23.1 Å². The largest absolute Gasteiger partial charge is 0.382 e. The number of aliphatic imine (C=N–C) groups is 1. The van der Waals surface area contributed by atoms with Gasteiger partial charge in [-0.3, -0.25) is 24.7 Å². The molecule has 0 radical (unpaired) electrons. The molecule has 0 unspecified atom stereocenters. The first-order valence-corrected chi connectivity index (χ1v) is 15.1. The Morgan fingerprint density at radius 1 is 1.10 bits per heavy atom. The Bertz CT molecular complexity index is 1640. The van der Waals surface area contributed by atoms with Crippen LogP contribution in [0.5, 0.6) is 0 Å². The Labute approximate surface area is 247 Å². The molecule has 1 aliphatic carbocycles. The first-order chi connectivity index (χ1) is 20.0. The van der Waals surface area contributed by atoms with Gasteiger partial charge < -0.3 is 21.7 Å². The van der Waals surface area contributed by atoms with E-state index in [9.17, 15) is 22.8 Å². The van der Waals surface area contributed by atoms with Gasteiger partial charge in [0, 0.05) is 43.9 Å². The molecule has 4 heterocycles. The Kier molecular flexibility index (Phi) is 8.06. The van der Waals surface area contributed by atoms with E-state index < -0.39 is 21.5 Å². The maximum atomic E-state index is 12.9. The molecule has 1 fully saturated rings. The molecule has 5 rings (SSSR count). The lowest BCUT2D eigenvalue weighted by Gasteiger charge is -2.39. The third-order valence-corrected chi connectivity index (χ3v) is 9.40. The second kappa shape index (κ2) is 11.6. The molecule has 6 N–H and O–H groups in total. The van der Waals surface area contributed by atoms with Crippen LogP contribution in [-0.2, 0) is 14.8 Å². The molecule has 1 saturated heterocycles. The first-order valence-electron chi connectivity index (χ1n) is 13.3. The number of Topliss-reactive ketones (excluding diaryl/α,β-unsaturated/α-hetero) is 1. The summed E-state index contributed by atoms with van der Waals surface area (Å²) in [6, 6.07) is 1.45. The zero-order valence-electron chi connectivity index (χ0n) is 22.5. The van der Waals surface area contributed by atoms with Crippen molar-refractivity contribution in [2.24, 2.45) is 4.99 Å². The van der Waals surface area contributed by atoms with Crippen LogP contribution in [0.3, 0.4) is 0 Å². The van der Waals surface area contributed by atoms with E-state index in [1.165, 1.54) is 18.5 Å². The molecule has 222 valence electrons. The van der Waals surface area contributed by atoms with Crippen LogP contribution in [0, 0.1) is 0 Å². The summed E-state index contributed by atoms with van der Waals surface area (Å²) in [6.45, 7) is 1.29. The Balaban J connectivity index is 1.09. The number of aromatic nitrogens is 3. The predicted molar refractivity (Wildman–Crippen MR) is 156 cm³/mol. The van der Waals surface area contributed by atoms with E-state index in [0.29, 0.717) is 38.9 Å². The summed E-state index contributed by atoms with van der Waals surface area (Å²) < 4.78 is 26.6. The van der Waals surface area contributed by atoms with Crippen LogP contribution in [-0.4, -0.2) is 76.0 Å². The second-order valence-electron chi connectivity index (χ2n) is 10.3. The number of nitrogens with zero attached hydrogens (tertiary/aromatic N) is 5. The summed E-state index contributed by atoms with van der Waals surface area (Å²) >= 11 is 5.86. The minimum absolute atomic E-state index is 0.00942. The molecule has 2 aliphatic heterocycles. The summed E-state index contributed by atoms with van der Waals surface area (Å²) in [6.07, 6.45) is 10.2. The maximum absolute atomic E-state index is 12.9. The van der Waals surface area contributed by atoms with Crippen LogP contribution in [0.15, 0.2) is 46.6 Å². The number of guanidine groups is 1. The number of hydrogen-bond donors (Lipinski definition) is 4. The number of anilines is 2. The van der Waals surface area contributed by atoms with Gasteiger partial charge in [0.2, 0.25) is 5.91 Å². The zero-order valence-corrected chi connectivity index (χ0v) is 24.1. The Morgan fingerprint density at radius 3 is 2.57 bits per heavy atom. The van der Waals surface area contributed by atoms with E-state index in [1.807, 2.05) is 0 Å². The van der Waals surface area contributed by atoms with E-state index in [0.717, 1.165) is 10.4 Å². The number of ketones is 1. The fraction of sp³-hybridized carbons (Fsp3) is 0.385. The van der Waals surface area contributed by atoms with Crippen molar-refractivity contribution in [2.75, 3.05) is 31.1 Å². The van der Waals surface area contributed by atoms with Gasteiger partial charge in [-0.05, 0) is 37.8 Å². The molecule has 1 spiro atoms. The van der Waals surface area contributed by atoms with Crippen molar-refractivity contribution in [1.82, 2.24) is 29.5 Å². The van der Waals surface area contributed by atoms with Gasteiger partial charge in [0.25, 0.3) is 15.9 Å². The summed E-state index contributed by atoms with van der Waals surface area (Å²) in [5.74, 6) is -1.10. The minimum Gasteiger partial charge on any atom is -0.382 e. The van der Waals surface area contributed by atoms with E-state index in [2.05, 4.69) is 25.6 Å². The number of nitrogens with one attached hydrogen (secondary N) is 2. The van der Waals surface area contributed by atoms with Gasteiger partial charge >= 0.3 is 0 Å². The number of piperidine rings is 1. The highest BCUT2D eigenvalue weighted by molar-refractivity contribution is 7.94. The quantitative estimate of drug-likeness (QED) is 0.327. The molecular formula is C26H30ClN9O5S. The van der Waals surface area contributed by atoms with Crippen molar-refractivity contribution < 1.29 is 22.8 Å². The summed E-state index contributed by atoms with van der Waals surface area (Å²) in [7, 11) is -3.76. The van der Waals surface area contributed by atoms with Gasteiger partial charge in [-0.1, -0.05) is 23.8 Å². The Hall–Kier alpha value is -4.24. The number of likely N-dealkylation sites (tertiary alicyclic amines) is 1. The molecule has 16 heteroatoms. The van der Waals surface area contributed by atoms with Crippen molar-refractivity contribution >= 4 is 56.8 Å². The highest BCUT2D eigenvalue weighted by Crippen LogP contribution is 2.27. The average molecular weight is 616 g/mol. The summed E-state index contributed by atoms with van der Waals surface area (Å²) in [5, 5.41) is 5.73. The summed E-state index contributed by atoms with van der Waals surface area (Å²) in [5.41, 5.74) is 10.9. The number of carbonyl (C=O) groups excluding carboxylic acids is 3. The second-order valence-corrected chi connectivity index (χ2v) is 12.5. The first kappa shape index (κ1) is 29.3. The fourth-order valence-corrected chi connectivity index (χ4v) is 6.43. The molecule has 0 saturated carbocycles. The standard InChI is InChI=1S/C26H30ClN9O5S/c27-21-23(29)32-22(28)20(31-21)24(39)33-25-30-15-26(34-25)9-12-35(13-10-26)19(38)7-6-18(37)16-8-11-36(14-16)42(40,41)17-4-2-1-3-5-17/h2,4-5,8,11,14H,1,3,6-7,9-10,12-13,15H2,(H4,28,29,32)(H2,30,33,34,39). The lowest BCUT2D eigenvalue weighted by molar-refractivity contribution is -0.132. The smallest absolute Gasteiger partial charge is 0.280 e. The van der Waals surface area contributed by atoms with Gasteiger partial charge in [-0.2, -0.15) is 0 Å². The highest BCUT2D eigenvalue weighted by atomic mass is 35.5. The molecule has 2 aromatic heterocycles. The molecule has 0 aromatic carbocycles. The molecule has 14 nitrogen and oxygen atoms in total. The molecule has 3 aliphatic rings. The van der Waals surface area contributed by atoms with Crippen molar-refractivity contribution in [1.29, 1.82) is 0 Å². The number of allylic oxidation sites excluding steroid dienone is 3. The third-order valence-electron chi connectivity index (χ3n) is 7.44. The Morgan fingerprint density at radius 2 is 1.86 bits per heavy atom. The number of amides is 2. The van der Waals surface area contributed by atoms with Crippen molar-refractivity contribution in [3.8, 4) is 0 Å². The lowest BCUT2D eigenvalue weighted by Crippen LogP contribution is -2.57. The van der Waals surface area contributed by atoms with E-state index >= 15 is 0 Å². The van der Waals surface area contributed by atoms with E-state index in [-0.39, 0.29) is 63.4 Å². The van der Waals surface area contributed by atoms with Crippen molar-refractivity contribution in [3.63, 3.8) is 0 Å². The monoisotopic (exact) mass is 615 g/mol. The normalized spacial score (nSPS) is 17.9. The average Bonchev–Trinajstić information content (AvgIpc) is 3.63. The summed E-state index contributed by atoms with van der Waals surface area (Å²) in [4.78, 5) is 52.2. The van der Waals surface area contributed by atoms with Crippen LogP contribution in [0.2, 0.25) is 5.15 Å². The van der Waals surface area contributed by atoms with Gasteiger partial charge in [0.05, 0.1) is 17.0 Å². The zero-order chi connectivity index (χ0) is 30.1. The number of rotatable bonds is 7. The fourth-order valence-electron chi connectivity index (χ4n) is 4.99. The van der Waals surface area contributed by atoms with Gasteiger partial charge in [-0.15, -0.1) is 0 Å². The maximum Gasteiger partial charge on any atom is 0.280 e. The molecule has 2 aromatic rings.